The number of primary amides is 1. The average molecular weight is 296 g/mol. The summed E-state index contributed by atoms with van der Waals surface area (Å²) in [6, 6.07) is 0.168. The fraction of sp³-hybridized carbons (Fsp3) is 0.462. The summed E-state index contributed by atoms with van der Waals surface area (Å²) in [4.78, 5) is 21.7. The summed E-state index contributed by atoms with van der Waals surface area (Å²) in [6.45, 7) is 5.02. The molecule has 0 aromatic heterocycles. The molecule has 2 aliphatic rings. The molecule has 1 unspecified atom stereocenters. The lowest BCUT2D eigenvalue weighted by Gasteiger charge is -2.33. The monoisotopic (exact) mass is 295 g/mol. The number of halogens is 1. The number of nitrogens with two attached hydrogens (primary N) is 1. The number of hydrogen-bond acceptors (Lipinski definition) is 4. The maximum absolute atomic E-state index is 11.4. The summed E-state index contributed by atoms with van der Waals surface area (Å²) in [5.41, 5.74) is 6.24. The molecule has 6 nitrogen and oxygen atoms in total. The van der Waals surface area contributed by atoms with Crippen LogP contribution in [0.3, 0.4) is 0 Å². The zero-order valence-electron chi connectivity index (χ0n) is 11.2. The number of hydrogen-bond donors (Lipinski definition) is 2. The van der Waals surface area contributed by atoms with Gasteiger partial charge in [0, 0.05) is 19.3 Å². The zero-order valence-corrected chi connectivity index (χ0v) is 11.9. The molecule has 3 N–H and O–H groups in total. The summed E-state index contributed by atoms with van der Waals surface area (Å²) >= 11 is 5.65. The molecule has 0 radical (unpaired) electrons. The third-order valence-electron chi connectivity index (χ3n) is 3.46. The SMILES string of the molecule is C=N/C(=C1/C=CN/C1=N/CCl)N1CCCC(C(N)=O)C1. The lowest BCUT2D eigenvalue weighted by molar-refractivity contribution is -0.123. The van der Waals surface area contributed by atoms with E-state index in [9.17, 15) is 4.79 Å². The highest BCUT2D eigenvalue weighted by molar-refractivity contribution is 6.19. The lowest BCUT2D eigenvalue weighted by Crippen LogP contribution is -2.41. The minimum atomic E-state index is -0.266. The normalized spacial score (nSPS) is 26.6. The van der Waals surface area contributed by atoms with E-state index in [0.717, 1.165) is 25.0 Å². The van der Waals surface area contributed by atoms with Crippen LogP contribution in [0.1, 0.15) is 12.8 Å². The van der Waals surface area contributed by atoms with Crippen molar-refractivity contribution in [1.82, 2.24) is 10.2 Å². The molecule has 20 heavy (non-hydrogen) atoms. The molecule has 1 fully saturated rings. The van der Waals surface area contributed by atoms with Crippen LogP contribution in [-0.2, 0) is 4.79 Å². The second-order valence-corrected chi connectivity index (χ2v) is 4.93. The van der Waals surface area contributed by atoms with Gasteiger partial charge in [-0.3, -0.25) is 9.79 Å². The third-order valence-corrected chi connectivity index (χ3v) is 3.58. The highest BCUT2D eigenvalue weighted by Gasteiger charge is 2.27. The molecule has 0 bridgehead atoms. The highest BCUT2D eigenvalue weighted by atomic mass is 35.5. The Bertz CT molecular complexity index is 497. The quantitative estimate of drug-likeness (QED) is 0.457. The number of amides is 1. The van der Waals surface area contributed by atoms with Gasteiger partial charge in [-0.2, -0.15) is 0 Å². The predicted molar refractivity (Wildman–Crippen MR) is 80.5 cm³/mol. The summed E-state index contributed by atoms with van der Waals surface area (Å²) in [7, 11) is 0. The molecule has 0 aromatic carbocycles. The number of carbonyl (C=O) groups excluding carboxylic acids is 1. The Labute approximate surface area is 123 Å². The first-order valence-corrected chi connectivity index (χ1v) is 7.00. The summed E-state index contributed by atoms with van der Waals surface area (Å²) in [6.07, 6.45) is 5.38. The van der Waals surface area contributed by atoms with E-state index in [-0.39, 0.29) is 17.8 Å². The van der Waals surface area contributed by atoms with Crippen LogP contribution in [0.4, 0.5) is 0 Å². The van der Waals surface area contributed by atoms with Crippen molar-refractivity contribution >= 4 is 30.1 Å². The van der Waals surface area contributed by atoms with Gasteiger partial charge in [-0.25, -0.2) is 4.99 Å². The summed E-state index contributed by atoms with van der Waals surface area (Å²) in [5.74, 6) is 0.968. The molecule has 1 amide bonds. The van der Waals surface area contributed by atoms with Crippen molar-refractivity contribution in [2.45, 2.75) is 12.8 Å². The second kappa shape index (κ2) is 6.56. The number of rotatable bonds is 4. The van der Waals surface area contributed by atoms with Gasteiger partial charge in [0.15, 0.2) is 0 Å². The topological polar surface area (TPSA) is 83.1 Å². The Kier molecular flexibility index (Phi) is 4.79. The van der Waals surface area contributed by atoms with E-state index < -0.39 is 0 Å². The second-order valence-electron chi connectivity index (χ2n) is 4.69. The Balaban J connectivity index is 2.27. The lowest BCUT2D eigenvalue weighted by atomic mass is 9.97. The number of nitrogens with zero attached hydrogens (tertiary/aromatic N) is 3. The van der Waals surface area contributed by atoms with Gasteiger partial charge in [-0.05, 0) is 25.6 Å². The van der Waals surface area contributed by atoms with E-state index >= 15 is 0 Å². The Morgan fingerprint density at radius 1 is 1.65 bits per heavy atom. The maximum atomic E-state index is 11.4. The van der Waals surface area contributed by atoms with Gasteiger partial charge in [-0.15, -0.1) is 11.6 Å². The van der Waals surface area contributed by atoms with E-state index in [4.69, 9.17) is 17.3 Å². The van der Waals surface area contributed by atoms with Crippen molar-refractivity contribution < 1.29 is 4.79 Å². The van der Waals surface area contributed by atoms with Crippen LogP contribution >= 0.6 is 11.6 Å². The number of piperidine rings is 1. The Morgan fingerprint density at radius 2 is 2.45 bits per heavy atom. The van der Waals surface area contributed by atoms with E-state index in [2.05, 4.69) is 22.0 Å². The minimum Gasteiger partial charge on any atom is -0.369 e. The maximum Gasteiger partial charge on any atom is 0.222 e. The Morgan fingerprint density at radius 3 is 3.10 bits per heavy atom. The van der Waals surface area contributed by atoms with E-state index in [1.54, 1.807) is 6.20 Å². The van der Waals surface area contributed by atoms with Gasteiger partial charge in [-0.1, -0.05) is 0 Å². The molecule has 2 aliphatic heterocycles. The molecular formula is C13H18ClN5O. The van der Waals surface area contributed by atoms with E-state index in [0.29, 0.717) is 18.2 Å². The van der Waals surface area contributed by atoms with Crippen molar-refractivity contribution in [3.8, 4) is 0 Å². The van der Waals surface area contributed by atoms with Gasteiger partial charge in [0.25, 0.3) is 0 Å². The van der Waals surface area contributed by atoms with Crippen LogP contribution in [0.25, 0.3) is 0 Å². The molecule has 2 rings (SSSR count). The zero-order chi connectivity index (χ0) is 14.5. The van der Waals surface area contributed by atoms with Crippen molar-refractivity contribution in [2.24, 2.45) is 21.6 Å². The molecule has 0 spiro atoms. The van der Waals surface area contributed by atoms with Crippen LogP contribution in [-0.4, -0.2) is 42.5 Å². The summed E-state index contributed by atoms with van der Waals surface area (Å²) in [5, 5.41) is 3.02. The molecule has 1 saturated heterocycles. The van der Waals surface area contributed by atoms with Crippen molar-refractivity contribution in [3.05, 3.63) is 23.7 Å². The van der Waals surface area contributed by atoms with Gasteiger partial charge >= 0.3 is 0 Å². The van der Waals surface area contributed by atoms with E-state index in [1.165, 1.54) is 0 Å². The molecule has 1 atom stereocenters. The number of nitrogens with one attached hydrogen (secondary N) is 1. The smallest absolute Gasteiger partial charge is 0.222 e. The average Bonchev–Trinajstić information content (AvgIpc) is 2.89. The van der Waals surface area contributed by atoms with Crippen LogP contribution in [0.5, 0.6) is 0 Å². The fourth-order valence-electron chi connectivity index (χ4n) is 2.49. The van der Waals surface area contributed by atoms with Crippen LogP contribution < -0.4 is 11.1 Å². The molecule has 7 heteroatoms. The van der Waals surface area contributed by atoms with Crippen LogP contribution in [0.15, 0.2) is 33.7 Å². The summed E-state index contributed by atoms with van der Waals surface area (Å²) < 4.78 is 0. The minimum absolute atomic E-state index is 0.146. The fourth-order valence-corrected chi connectivity index (χ4v) is 2.61. The van der Waals surface area contributed by atoms with Crippen molar-refractivity contribution in [1.29, 1.82) is 0 Å². The molecule has 0 saturated carbocycles. The molecule has 2 heterocycles. The van der Waals surface area contributed by atoms with Gasteiger partial charge < -0.3 is 16.0 Å². The first-order valence-electron chi connectivity index (χ1n) is 6.46. The standard InChI is InChI=1S/C13H18ClN5O/c1-16-13(10-4-5-17-12(10)18-8-14)19-6-2-3-9(7-19)11(15)20/h4-5,9H,1-3,6-8H2,(H2,15,20)(H,17,18)/b13-10+. The van der Waals surface area contributed by atoms with Crippen molar-refractivity contribution in [2.75, 3.05) is 19.1 Å². The van der Waals surface area contributed by atoms with Gasteiger partial charge in [0.2, 0.25) is 5.91 Å². The number of aliphatic imine (C=N–C) groups is 2. The molecule has 0 aliphatic carbocycles. The largest absolute Gasteiger partial charge is 0.369 e. The number of amidine groups is 1. The molecule has 108 valence electrons. The van der Waals surface area contributed by atoms with E-state index in [1.807, 2.05) is 11.0 Å². The van der Waals surface area contributed by atoms with Crippen molar-refractivity contribution in [3.63, 3.8) is 0 Å². The van der Waals surface area contributed by atoms with Gasteiger partial charge in [0.05, 0.1) is 11.5 Å². The number of likely N-dealkylation sites (tertiary alicyclic amines) is 1. The number of alkyl halides is 1. The highest BCUT2D eigenvalue weighted by Crippen LogP contribution is 2.24. The first-order chi connectivity index (χ1) is 9.67. The molecular weight excluding hydrogens is 278 g/mol. The van der Waals surface area contributed by atoms with Gasteiger partial charge in [0.1, 0.15) is 17.7 Å². The first kappa shape index (κ1) is 14.6. The third kappa shape index (κ3) is 3.01. The van der Waals surface area contributed by atoms with Crippen LogP contribution in [0, 0.1) is 5.92 Å². The number of carbonyl (C=O) groups is 1. The Hall–Kier alpha value is -1.82. The molecule has 0 aromatic rings. The van der Waals surface area contributed by atoms with Crippen LogP contribution in [0.2, 0.25) is 0 Å². The predicted octanol–water partition coefficient (Wildman–Crippen LogP) is 0.808.